The molecule has 0 bridgehead atoms. The van der Waals surface area contributed by atoms with E-state index in [9.17, 15) is 9.59 Å². The number of aromatic nitrogens is 1. The van der Waals surface area contributed by atoms with Gasteiger partial charge in [0, 0.05) is 12.1 Å². The molecule has 2 aromatic carbocycles. The first-order valence-electron chi connectivity index (χ1n) is 9.55. The number of rotatable bonds is 9. The first-order chi connectivity index (χ1) is 15.1. The predicted molar refractivity (Wildman–Crippen MR) is 124 cm³/mol. The lowest BCUT2D eigenvalue weighted by molar-refractivity contribution is -0.118. The number of hydrogen-bond donors (Lipinski definition) is 2. The van der Waals surface area contributed by atoms with Gasteiger partial charge in [-0.05, 0) is 19.1 Å². The van der Waals surface area contributed by atoms with E-state index in [4.69, 9.17) is 9.47 Å². The van der Waals surface area contributed by atoms with Gasteiger partial charge in [-0.3, -0.25) is 9.59 Å². The van der Waals surface area contributed by atoms with Gasteiger partial charge in [0.2, 0.25) is 5.91 Å². The Labute approximate surface area is 189 Å². The fraction of sp³-hybridized carbons (Fsp3) is 0.227. The minimum atomic E-state index is -0.365. The van der Waals surface area contributed by atoms with Crippen molar-refractivity contribution in [2.75, 3.05) is 31.8 Å². The Bertz CT molecular complexity index is 1030. The van der Waals surface area contributed by atoms with Gasteiger partial charge < -0.3 is 20.1 Å². The summed E-state index contributed by atoms with van der Waals surface area (Å²) in [5.74, 6) is 0.647. The molecule has 0 atom stereocenters. The van der Waals surface area contributed by atoms with Crippen LogP contribution in [-0.4, -0.2) is 43.3 Å². The molecular weight excluding hydrogens is 434 g/mol. The monoisotopic (exact) mass is 457 g/mol. The van der Waals surface area contributed by atoms with E-state index in [1.807, 2.05) is 37.3 Å². The number of carbonyl (C=O) groups excluding carboxylic acids is 2. The molecule has 2 N–H and O–H groups in total. The largest absolute Gasteiger partial charge is 0.496 e. The topological polar surface area (TPSA) is 89.6 Å². The standard InChI is InChI=1S/C22H23N3O4S2/c1-4-23-17(26)13-30-22-24-19(14-9-6-5-7-10-14)21(31-22)25-20(27)18-15(28-2)11-8-12-16(18)29-3/h5-12H,4,13H2,1-3H3,(H,23,26)(H,25,27). The highest BCUT2D eigenvalue weighted by atomic mass is 32.2. The molecule has 2 amide bonds. The first-order valence-corrected chi connectivity index (χ1v) is 11.4. The number of carbonyl (C=O) groups is 2. The van der Waals surface area contributed by atoms with Crippen LogP contribution < -0.4 is 20.1 Å². The van der Waals surface area contributed by atoms with Crippen molar-refractivity contribution < 1.29 is 19.1 Å². The molecule has 0 spiro atoms. The van der Waals surface area contributed by atoms with Gasteiger partial charge in [0.05, 0.1) is 20.0 Å². The van der Waals surface area contributed by atoms with E-state index in [1.54, 1.807) is 18.2 Å². The van der Waals surface area contributed by atoms with Crippen LogP contribution in [0, 0.1) is 0 Å². The SMILES string of the molecule is CCNC(=O)CSc1nc(-c2ccccc2)c(NC(=O)c2c(OC)cccc2OC)s1. The molecule has 0 aliphatic rings. The number of thioether (sulfide) groups is 1. The fourth-order valence-corrected chi connectivity index (χ4v) is 4.75. The molecule has 0 unspecified atom stereocenters. The summed E-state index contributed by atoms with van der Waals surface area (Å²) in [5.41, 5.74) is 1.81. The first kappa shape index (κ1) is 22.6. The summed E-state index contributed by atoms with van der Waals surface area (Å²) in [5, 5.41) is 6.30. The maximum atomic E-state index is 13.2. The lowest BCUT2D eigenvalue weighted by Crippen LogP contribution is -2.24. The maximum absolute atomic E-state index is 13.2. The van der Waals surface area contributed by atoms with Crippen LogP contribution in [-0.2, 0) is 4.79 Å². The van der Waals surface area contributed by atoms with E-state index in [0.717, 1.165) is 5.56 Å². The van der Waals surface area contributed by atoms with E-state index in [0.29, 0.717) is 38.6 Å². The highest BCUT2D eigenvalue weighted by Gasteiger charge is 2.22. The van der Waals surface area contributed by atoms with Gasteiger partial charge in [-0.15, -0.1) is 0 Å². The van der Waals surface area contributed by atoms with Gasteiger partial charge in [-0.2, -0.15) is 0 Å². The molecule has 0 aliphatic carbocycles. The summed E-state index contributed by atoms with van der Waals surface area (Å²) >= 11 is 2.65. The Hall–Kier alpha value is -3.04. The number of amides is 2. The van der Waals surface area contributed by atoms with Crippen molar-refractivity contribution in [2.45, 2.75) is 11.3 Å². The summed E-state index contributed by atoms with van der Waals surface area (Å²) in [6, 6.07) is 14.7. The Morgan fingerprint density at radius 1 is 1.03 bits per heavy atom. The molecule has 9 heteroatoms. The van der Waals surface area contributed by atoms with Gasteiger partial charge in [-0.1, -0.05) is 59.5 Å². The highest BCUT2D eigenvalue weighted by molar-refractivity contribution is 8.01. The molecular formula is C22H23N3O4S2. The molecule has 3 aromatic rings. The molecule has 0 saturated heterocycles. The second-order valence-electron chi connectivity index (χ2n) is 6.26. The van der Waals surface area contributed by atoms with E-state index >= 15 is 0 Å². The van der Waals surface area contributed by atoms with Crippen LogP contribution in [0.3, 0.4) is 0 Å². The van der Waals surface area contributed by atoms with Crippen LogP contribution >= 0.6 is 23.1 Å². The van der Waals surface area contributed by atoms with Crippen molar-refractivity contribution in [3.8, 4) is 22.8 Å². The number of ether oxygens (including phenoxy) is 2. The third-order valence-electron chi connectivity index (χ3n) is 4.24. The van der Waals surface area contributed by atoms with Crippen molar-refractivity contribution in [1.29, 1.82) is 0 Å². The minimum Gasteiger partial charge on any atom is -0.496 e. The van der Waals surface area contributed by atoms with E-state index in [1.165, 1.54) is 37.3 Å². The summed E-state index contributed by atoms with van der Waals surface area (Å²) < 4.78 is 11.4. The molecule has 0 aliphatic heterocycles. The zero-order chi connectivity index (χ0) is 22.2. The third kappa shape index (κ3) is 5.56. The second-order valence-corrected chi connectivity index (χ2v) is 8.48. The predicted octanol–water partition coefficient (Wildman–Crippen LogP) is 4.31. The Kier molecular flexibility index (Phi) is 7.91. The van der Waals surface area contributed by atoms with Crippen molar-refractivity contribution in [1.82, 2.24) is 10.3 Å². The number of methoxy groups -OCH3 is 2. The van der Waals surface area contributed by atoms with Crippen molar-refractivity contribution in [3.63, 3.8) is 0 Å². The van der Waals surface area contributed by atoms with Gasteiger partial charge in [0.15, 0.2) is 4.34 Å². The number of nitrogens with one attached hydrogen (secondary N) is 2. The zero-order valence-electron chi connectivity index (χ0n) is 17.4. The molecule has 1 heterocycles. The quantitative estimate of drug-likeness (QED) is 0.466. The Morgan fingerprint density at radius 2 is 1.71 bits per heavy atom. The molecule has 3 rings (SSSR count). The summed E-state index contributed by atoms with van der Waals surface area (Å²) in [7, 11) is 3.01. The molecule has 0 radical (unpaired) electrons. The number of benzene rings is 2. The summed E-state index contributed by atoms with van der Waals surface area (Å²) in [4.78, 5) is 29.7. The highest BCUT2D eigenvalue weighted by Crippen LogP contribution is 2.38. The number of anilines is 1. The lowest BCUT2D eigenvalue weighted by atomic mass is 10.1. The van der Waals surface area contributed by atoms with Gasteiger partial charge in [0.1, 0.15) is 27.8 Å². The minimum absolute atomic E-state index is 0.0618. The lowest BCUT2D eigenvalue weighted by Gasteiger charge is -2.12. The normalized spacial score (nSPS) is 10.4. The summed E-state index contributed by atoms with van der Waals surface area (Å²) in [6.07, 6.45) is 0. The molecule has 31 heavy (non-hydrogen) atoms. The molecule has 0 saturated carbocycles. The van der Waals surface area contributed by atoms with Crippen LogP contribution in [0.25, 0.3) is 11.3 Å². The number of nitrogens with zero attached hydrogens (tertiary/aromatic N) is 1. The molecule has 162 valence electrons. The van der Waals surface area contributed by atoms with Crippen molar-refractivity contribution >= 4 is 39.9 Å². The van der Waals surface area contributed by atoms with Gasteiger partial charge >= 0.3 is 0 Å². The van der Waals surface area contributed by atoms with Gasteiger partial charge in [-0.25, -0.2) is 4.98 Å². The van der Waals surface area contributed by atoms with Gasteiger partial charge in [0.25, 0.3) is 5.91 Å². The average Bonchev–Trinajstić information content (AvgIpc) is 3.20. The Morgan fingerprint density at radius 3 is 2.32 bits per heavy atom. The third-order valence-corrected chi connectivity index (χ3v) is 6.35. The van der Waals surface area contributed by atoms with E-state index in [-0.39, 0.29) is 17.6 Å². The number of hydrogen-bond acceptors (Lipinski definition) is 7. The fourth-order valence-electron chi connectivity index (χ4n) is 2.85. The number of thiazole rings is 1. The molecule has 1 aromatic heterocycles. The van der Waals surface area contributed by atoms with Crippen LogP contribution in [0.5, 0.6) is 11.5 Å². The van der Waals surface area contributed by atoms with Crippen molar-refractivity contribution in [3.05, 3.63) is 54.1 Å². The zero-order valence-corrected chi connectivity index (χ0v) is 19.1. The van der Waals surface area contributed by atoms with E-state index in [2.05, 4.69) is 15.6 Å². The van der Waals surface area contributed by atoms with Crippen LogP contribution in [0.15, 0.2) is 52.9 Å². The smallest absolute Gasteiger partial charge is 0.263 e. The van der Waals surface area contributed by atoms with E-state index < -0.39 is 0 Å². The Balaban J connectivity index is 1.93. The van der Waals surface area contributed by atoms with Crippen LogP contribution in [0.1, 0.15) is 17.3 Å². The van der Waals surface area contributed by atoms with Crippen LogP contribution in [0.2, 0.25) is 0 Å². The van der Waals surface area contributed by atoms with Crippen LogP contribution in [0.4, 0.5) is 5.00 Å². The molecule has 0 fully saturated rings. The maximum Gasteiger partial charge on any atom is 0.263 e. The second kappa shape index (κ2) is 10.8. The average molecular weight is 458 g/mol. The summed E-state index contributed by atoms with van der Waals surface area (Å²) in [6.45, 7) is 2.45. The molecule has 7 nitrogen and oxygen atoms in total. The van der Waals surface area contributed by atoms with Crippen molar-refractivity contribution in [2.24, 2.45) is 0 Å².